The first-order valence-electron chi connectivity index (χ1n) is 8.97. The van der Waals surface area contributed by atoms with E-state index in [1.807, 2.05) is 30.9 Å². The van der Waals surface area contributed by atoms with Crippen molar-refractivity contribution in [3.8, 4) is 0 Å². The second-order valence-corrected chi connectivity index (χ2v) is 7.66. The summed E-state index contributed by atoms with van der Waals surface area (Å²) in [5.74, 6) is 0.853. The molecule has 1 N–H and O–H groups in total. The zero-order chi connectivity index (χ0) is 18.9. The van der Waals surface area contributed by atoms with Crippen LogP contribution in [0.15, 0.2) is 24.4 Å². The summed E-state index contributed by atoms with van der Waals surface area (Å²) in [7, 11) is 0. The molecule has 0 saturated heterocycles. The highest BCUT2D eigenvalue weighted by atomic mass is 19.4. The summed E-state index contributed by atoms with van der Waals surface area (Å²) in [6, 6.07) is 3.74. The molecular weight excluding hydrogens is 345 g/mol. The number of rotatable bonds is 4. The Kier molecular flexibility index (Phi) is 5.30. The van der Waals surface area contributed by atoms with Gasteiger partial charge in [-0.1, -0.05) is 6.08 Å². The summed E-state index contributed by atoms with van der Waals surface area (Å²) in [4.78, 5) is 6.28. The fraction of sp³-hybridized carbons (Fsp3) is 0.632. The molecular formula is C19H25F3N2O2. The van der Waals surface area contributed by atoms with Crippen LogP contribution in [-0.4, -0.2) is 40.7 Å². The van der Waals surface area contributed by atoms with Crippen molar-refractivity contribution in [3.05, 3.63) is 30.0 Å². The van der Waals surface area contributed by atoms with Gasteiger partial charge in [-0.25, -0.2) is 4.98 Å². The number of hydrogen-bond acceptors (Lipinski definition) is 4. The van der Waals surface area contributed by atoms with Crippen molar-refractivity contribution in [1.82, 2.24) is 4.98 Å². The highest BCUT2D eigenvalue weighted by Gasteiger charge is 2.38. The van der Waals surface area contributed by atoms with E-state index < -0.39 is 24.6 Å². The van der Waals surface area contributed by atoms with Gasteiger partial charge in [0.25, 0.3) is 0 Å². The fourth-order valence-corrected chi connectivity index (χ4v) is 3.91. The van der Waals surface area contributed by atoms with Gasteiger partial charge >= 0.3 is 6.18 Å². The average Bonchev–Trinajstić information content (AvgIpc) is 2.58. The molecule has 1 atom stereocenters. The monoisotopic (exact) mass is 370 g/mol. The summed E-state index contributed by atoms with van der Waals surface area (Å²) in [5.41, 5.74) is 0.138. The Labute approximate surface area is 151 Å². The van der Waals surface area contributed by atoms with Crippen LogP contribution in [0.2, 0.25) is 0 Å². The predicted octanol–water partition coefficient (Wildman–Crippen LogP) is 4.15. The van der Waals surface area contributed by atoms with E-state index in [-0.39, 0.29) is 12.0 Å². The lowest BCUT2D eigenvalue weighted by Crippen LogP contribution is -2.49. The van der Waals surface area contributed by atoms with E-state index in [4.69, 9.17) is 4.74 Å². The van der Waals surface area contributed by atoms with Crippen LogP contribution in [0, 0.1) is 5.92 Å². The van der Waals surface area contributed by atoms with Crippen LogP contribution in [-0.2, 0) is 4.74 Å². The molecule has 1 aromatic heterocycles. The molecule has 1 aliphatic heterocycles. The van der Waals surface area contributed by atoms with Crippen molar-refractivity contribution in [2.45, 2.75) is 63.6 Å². The lowest BCUT2D eigenvalue weighted by atomic mass is 9.76. The maximum absolute atomic E-state index is 12.6. The third-order valence-corrected chi connectivity index (χ3v) is 5.28. The van der Waals surface area contributed by atoms with Crippen molar-refractivity contribution < 1.29 is 23.0 Å². The predicted molar refractivity (Wildman–Crippen MR) is 93.6 cm³/mol. The Balaban J connectivity index is 1.79. The highest BCUT2D eigenvalue weighted by Crippen LogP contribution is 2.39. The van der Waals surface area contributed by atoms with E-state index >= 15 is 0 Å². The van der Waals surface area contributed by atoms with Gasteiger partial charge in [0, 0.05) is 17.8 Å². The highest BCUT2D eigenvalue weighted by molar-refractivity contribution is 5.68. The number of alkyl halides is 3. The number of aliphatic hydroxyl groups is 1. The Morgan fingerprint density at radius 1 is 1.23 bits per heavy atom. The molecule has 2 aliphatic rings. The summed E-state index contributed by atoms with van der Waals surface area (Å²) < 4.78 is 43.1. The lowest BCUT2D eigenvalue weighted by molar-refractivity contribution is -0.181. The van der Waals surface area contributed by atoms with Gasteiger partial charge in [0.2, 0.25) is 0 Å². The van der Waals surface area contributed by atoms with Gasteiger partial charge in [-0.2, -0.15) is 13.2 Å². The number of ether oxygens (including phenoxy) is 1. The second-order valence-electron chi connectivity index (χ2n) is 7.66. The molecule has 1 unspecified atom stereocenters. The molecule has 26 heavy (non-hydrogen) atoms. The molecule has 0 spiro atoms. The number of hydrogen-bond donors (Lipinski definition) is 1. The number of aromatic nitrogens is 1. The number of anilines is 1. The Morgan fingerprint density at radius 3 is 2.54 bits per heavy atom. The molecule has 7 heteroatoms. The molecule has 1 saturated carbocycles. The molecule has 2 heterocycles. The smallest absolute Gasteiger partial charge is 0.390 e. The Morgan fingerprint density at radius 2 is 1.92 bits per heavy atom. The largest absolute Gasteiger partial charge is 0.411 e. The van der Waals surface area contributed by atoms with Crippen LogP contribution >= 0.6 is 0 Å². The minimum Gasteiger partial charge on any atom is -0.390 e. The molecule has 0 bridgehead atoms. The van der Waals surface area contributed by atoms with Crippen LogP contribution in [0.25, 0.3) is 6.08 Å². The third-order valence-electron chi connectivity index (χ3n) is 5.28. The number of nitrogens with zero attached hydrogens (tertiary/aromatic N) is 2. The summed E-state index contributed by atoms with van der Waals surface area (Å²) in [5, 5.41) is 10.2. The van der Waals surface area contributed by atoms with Gasteiger partial charge in [0.15, 0.2) is 6.23 Å². The maximum Gasteiger partial charge on any atom is 0.411 e. The summed E-state index contributed by atoms with van der Waals surface area (Å²) >= 11 is 0. The van der Waals surface area contributed by atoms with Crippen LogP contribution in [0.5, 0.6) is 0 Å². The van der Waals surface area contributed by atoms with Crippen molar-refractivity contribution in [2.24, 2.45) is 5.92 Å². The van der Waals surface area contributed by atoms with E-state index in [1.165, 1.54) is 0 Å². The van der Waals surface area contributed by atoms with Gasteiger partial charge in [-0.05, 0) is 63.7 Å². The Bertz CT molecular complexity index is 647. The lowest BCUT2D eigenvalue weighted by Gasteiger charge is -2.44. The van der Waals surface area contributed by atoms with Crippen LogP contribution in [0.3, 0.4) is 0 Å². The molecule has 0 aromatic carbocycles. The molecule has 0 amide bonds. The van der Waals surface area contributed by atoms with Gasteiger partial charge in [0.1, 0.15) is 12.4 Å². The van der Waals surface area contributed by atoms with Gasteiger partial charge in [0.05, 0.1) is 5.60 Å². The van der Waals surface area contributed by atoms with E-state index in [9.17, 15) is 18.3 Å². The zero-order valence-corrected chi connectivity index (χ0v) is 15.0. The molecule has 144 valence electrons. The van der Waals surface area contributed by atoms with Crippen LogP contribution in [0.1, 0.15) is 45.1 Å². The number of halogens is 3. The van der Waals surface area contributed by atoms with Crippen molar-refractivity contribution in [3.63, 3.8) is 0 Å². The van der Waals surface area contributed by atoms with Gasteiger partial charge in [-0.15, -0.1) is 0 Å². The van der Waals surface area contributed by atoms with E-state index in [2.05, 4.69) is 4.98 Å². The van der Waals surface area contributed by atoms with Crippen LogP contribution < -0.4 is 4.90 Å². The molecule has 1 aliphatic carbocycles. The maximum atomic E-state index is 12.6. The standard InChI is InChI=1S/C19H25F3N2O2/c1-18(2,25)14-6-8-15(9-7-14)24-16(26-12-19(20,21)22)10-5-13-4-3-11-23-17(13)24/h3-5,10-11,14-16,25H,6-9,12H2,1-2H3. The molecule has 3 rings (SSSR count). The SMILES string of the molecule is CC(C)(O)C1CCC(N2c3ncccc3C=CC2OCC(F)(F)F)CC1. The quantitative estimate of drug-likeness (QED) is 0.865. The van der Waals surface area contributed by atoms with Gasteiger partial charge < -0.3 is 14.7 Å². The van der Waals surface area contributed by atoms with Crippen molar-refractivity contribution in [2.75, 3.05) is 11.5 Å². The third kappa shape index (κ3) is 4.38. The topological polar surface area (TPSA) is 45.6 Å². The molecule has 1 fully saturated rings. The first-order chi connectivity index (χ1) is 12.1. The summed E-state index contributed by atoms with van der Waals surface area (Å²) in [6.07, 6.45) is 3.12. The zero-order valence-electron chi connectivity index (χ0n) is 15.0. The number of pyridine rings is 1. The van der Waals surface area contributed by atoms with E-state index in [1.54, 1.807) is 18.3 Å². The average molecular weight is 370 g/mol. The van der Waals surface area contributed by atoms with Crippen molar-refractivity contribution in [1.29, 1.82) is 0 Å². The fourth-order valence-electron chi connectivity index (χ4n) is 3.91. The van der Waals surface area contributed by atoms with Crippen molar-refractivity contribution >= 4 is 11.9 Å². The summed E-state index contributed by atoms with van der Waals surface area (Å²) in [6.45, 7) is 2.33. The minimum atomic E-state index is -4.37. The van der Waals surface area contributed by atoms with E-state index in [0.29, 0.717) is 5.82 Å². The molecule has 4 nitrogen and oxygen atoms in total. The number of fused-ring (bicyclic) bond motifs is 1. The van der Waals surface area contributed by atoms with E-state index in [0.717, 1.165) is 31.2 Å². The first-order valence-corrected chi connectivity index (χ1v) is 8.97. The van der Waals surface area contributed by atoms with Gasteiger partial charge in [-0.3, -0.25) is 0 Å². The molecule has 0 radical (unpaired) electrons. The minimum absolute atomic E-state index is 0.0328. The first kappa shape index (κ1) is 19.2. The normalized spacial score (nSPS) is 26.7. The Hall–Kier alpha value is -1.60. The van der Waals surface area contributed by atoms with Crippen LogP contribution in [0.4, 0.5) is 19.0 Å². The second kappa shape index (κ2) is 7.19. The molecule has 1 aromatic rings.